The second-order valence-corrected chi connectivity index (χ2v) is 3.47. The van der Waals surface area contributed by atoms with Crippen molar-refractivity contribution in [3.05, 3.63) is 23.8 Å². The van der Waals surface area contributed by atoms with Crippen molar-refractivity contribution < 1.29 is 5.11 Å². The van der Waals surface area contributed by atoms with E-state index < -0.39 is 0 Å². The summed E-state index contributed by atoms with van der Waals surface area (Å²) in [6, 6.07) is 7.31. The van der Waals surface area contributed by atoms with Gasteiger partial charge < -0.3 is 16.2 Å². The third-order valence-corrected chi connectivity index (χ3v) is 2.14. The van der Waals surface area contributed by atoms with E-state index >= 15 is 0 Å². The van der Waals surface area contributed by atoms with E-state index in [1.165, 1.54) is 0 Å². The molecule has 0 spiro atoms. The van der Waals surface area contributed by atoms with Gasteiger partial charge in [0.15, 0.2) is 0 Å². The third-order valence-electron chi connectivity index (χ3n) is 2.14. The number of hydrogen-bond donors (Lipinski definition) is 3. The van der Waals surface area contributed by atoms with Gasteiger partial charge in [0.2, 0.25) is 0 Å². The summed E-state index contributed by atoms with van der Waals surface area (Å²) in [6.45, 7) is 2.11. The monoisotopic (exact) mass is 205 g/mol. The zero-order valence-electron chi connectivity index (χ0n) is 8.70. The zero-order chi connectivity index (χ0) is 11.3. The molecule has 0 aliphatic rings. The first-order valence-electron chi connectivity index (χ1n) is 4.84. The number of aliphatic hydroxyl groups is 1. The van der Waals surface area contributed by atoms with Gasteiger partial charge in [0.1, 0.15) is 0 Å². The van der Waals surface area contributed by atoms with Crippen LogP contribution in [0.5, 0.6) is 0 Å². The molecule has 1 aromatic rings. The summed E-state index contributed by atoms with van der Waals surface area (Å²) in [5.74, 6) is 0. The summed E-state index contributed by atoms with van der Waals surface area (Å²) >= 11 is 0. The molecule has 4 nitrogen and oxygen atoms in total. The Morgan fingerprint density at radius 2 is 2.33 bits per heavy atom. The van der Waals surface area contributed by atoms with Crippen molar-refractivity contribution in [3.63, 3.8) is 0 Å². The van der Waals surface area contributed by atoms with E-state index in [4.69, 9.17) is 16.1 Å². The zero-order valence-corrected chi connectivity index (χ0v) is 8.70. The summed E-state index contributed by atoms with van der Waals surface area (Å²) < 4.78 is 0. The first-order chi connectivity index (χ1) is 7.17. The lowest BCUT2D eigenvalue weighted by atomic mass is 10.1. The topological polar surface area (TPSA) is 82.1 Å². The standard InChI is InChI=1S/C11H15N3O/c1-8(4-5-15)14-11-3-2-9(7-12)6-10(11)13/h2-3,6,8,14-15H,4-5,13H2,1H3. The number of hydrogen-bond acceptors (Lipinski definition) is 4. The molecule has 0 bridgehead atoms. The van der Waals surface area contributed by atoms with Crippen LogP contribution < -0.4 is 11.1 Å². The predicted molar refractivity (Wildman–Crippen MR) is 60.4 cm³/mol. The molecule has 15 heavy (non-hydrogen) atoms. The summed E-state index contributed by atoms with van der Waals surface area (Å²) in [4.78, 5) is 0. The minimum absolute atomic E-state index is 0.143. The van der Waals surface area contributed by atoms with Crippen molar-refractivity contribution in [1.82, 2.24) is 0 Å². The number of aliphatic hydroxyl groups excluding tert-OH is 1. The van der Waals surface area contributed by atoms with E-state index in [0.717, 1.165) is 5.69 Å². The number of rotatable bonds is 4. The fourth-order valence-electron chi connectivity index (χ4n) is 1.29. The molecule has 0 heterocycles. The first kappa shape index (κ1) is 11.3. The third kappa shape index (κ3) is 3.15. The molecule has 4 heteroatoms. The highest BCUT2D eigenvalue weighted by atomic mass is 16.3. The van der Waals surface area contributed by atoms with E-state index in [1.54, 1.807) is 18.2 Å². The minimum atomic E-state index is 0.143. The normalized spacial score (nSPS) is 11.8. The molecule has 0 aromatic heterocycles. The summed E-state index contributed by atoms with van der Waals surface area (Å²) in [5, 5.41) is 20.6. The van der Waals surface area contributed by atoms with Gasteiger partial charge >= 0.3 is 0 Å². The van der Waals surface area contributed by atoms with Crippen LogP contribution in [0.3, 0.4) is 0 Å². The predicted octanol–water partition coefficient (Wildman–Crippen LogP) is 1.32. The van der Waals surface area contributed by atoms with Crippen molar-refractivity contribution >= 4 is 11.4 Å². The van der Waals surface area contributed by atoms with Gasteiger partial charge in [-0.25, -0.2) is 0 Å². The molecule has 4 N–H and O–H groups in total. The number of nitrogens with two attached hydrogens (primary N) is 1. The van der Waals surface area contributed by atoms with E-state index in [-0.39, 0.29) is 12.6 Å². The van der Waals surface area contributed by atoms with Gasteiger partial charge in [0.05, 0.1) is 23.0 Å². The maximum absolute atomic E-state index is 8.75. The Hall–Kier alpha value is -1.73. The highest BCUT2D eigenvalue weighted by molar-refractivity contribution is 5.68. The molecule has 0 amide bonds. The smallest absolute Gasteiger partial charge is 0.0992 e. The Morgan fingerprint density at radius 1 is 1.60 bits per heavy atom. The molecule has 1 rings (SSSR count). The number of nitrogens with zero attached hydrogens (tertiary/aromatic N) is 1. The van der Waals surface area contributed by atoms with Crippen LogP contribution in [0.4, 0.5) is 11.4 Å². The number of benzene rings is 1. The fourth-order valence-corrected chi connectivity index (χ4v) is 1.29. The second kappa shape index (κ2) is 5.23. The highest BCUT2D eigenvalue weighted by Gasteiger charge is 2.04. The highest BCUT2D eigenvalue weighted by Crippen LogP contribution is 2.20. The summed E-state index contributed by atoms with van der Waals surface area (Å²) in [5.41, 5.74) is 7.67. The van der Waals surface area contributed by atoms with Gasteiger partial charge in [-0.1, -0.05) is 0 Å². The molecule has 0 fully saturated rings. The lowest BCUT2D eigenvalue weighted by molar-refractivity contribution is 0.282. The number of nitrogen functional groups attached to an aromatic ring is 1. The van der Waals surface area contributed by atoms with Gasteiger partial charge in [-0.2, -0.15) is 5.26 Å². The quantitative estimate of drug-likeness (QED) is 0.647. The molecular weight excluding hydrogens is 190 g/mol. The van der Waals surface area contributed by atoms with Crippen LogP contribution in [0.25, 0.3) is 0 Å². The van der Waals surface area contributed by atoms with Crippen molar-refractivity contribution in [2.75, 3.05) is 17.7 Å². The molecule has 1 atom stereocenters. The maximum atomic E-state index is 8.75. The average Bonchev–Trinajstić information content (AvgIpc) is 2.21. The molecular formula is C11H15N3O. The van der Waals surface area contributed by atoms with Gasteiger partial charge in [-0.05, 0) is 31.5 Å². The molecule has 80 valence electrons. The van der Waals surface area contributed by atoms with E-state index in [1.807, 2.05) is 13.0 Å². The van der Waals surface area contributed by atoms with Gasteiger partial charge in [0, 0.05) is 12.6 Å². The van der Waals surface area contributed by atoms with E-state index in [9.17, 15) is 0 Å². The summed E-state index contributed by atoms with van der Waals surface area (Å²) in [6.07, 6.45) is 0.666. The van der Waals surface area contributed by atoms with Crippen molar-refractivity contribution in [3.8, 4) is 6.07 Å². The van der Waals surface area contributed by atoms with Crippen LogP contribution in [0.15, 0.2) is 18.2 Å². The molecule has 0 saturated carbocycles. The lowest BCUT2D eigenvalue weighted by Crippen LogP contribution is -2.17. The van der Waals surface area contributed by atoms with Crippen molar-refractivity contribution in [2.24, 2.45) is 0 Å². The van der Waals surface area contributed by atoms with Crippen LogP contribution in [-0.2, 0) is 0 Å². The number of nitriles is 1. The van der Waals surface area contributed by atoms with Crippen molar-refractivity contribution in [2.45, 2.75) is 19.4 Å². The van der Waals surface area contributed by atoms with Gasteiger partial charge in [-0.3, -0.25) is 0 Å². The maximum Gasteiger partial charge on any atom is 0.0992 e. The average molecular weight is 205 g/mol. The van der Waals surface area contributed by atoms with Gasteiger partial charge in [0.25, 0.3) is 0 Å². The molecule has 0 saturated heterocycles. The minimum Gasteiger partial charge on any atom is -0.397 e. The largest absolute Gasteiger partial charge is 0.397 e. The van der Waals surface area contributed by atoms with Crippen LogP contribution in [0.2, 0.25) is 0 Å². The van der Waals surface area contributed by atoms with Crippen LogP contribution in [0, 0.1) is 11.3 Å². The molecule has 0 aliphatic carbocycles. The number of anilines is 2. The molecule has 0 radical (unpaired) electrons. The Labute approximate surface area is 89.3 Å². The fraction of sp³-hybridized carbons (Fsp3) is 0.364. The Bertz CT molecular complexity index is 371. The Morgan fingerprint density at radius 3 is 2.87 bits per heavy atom. The Kier molecular flexibility index (Phi) is 3.95. The van der Waals surface area contributed by atoms with Crippen LogP contribution in [-0.4, -0.2) is 17.8 Å². The lowest BCUT2D eigenvalue weighted by Gasteiger charge is -2.15. The van der Waals surface area contributed by atoms with Crippen molar-refractivity contribution in [1.29, 1.82) is 5.26 Å². The summed E-state index contributed by atoms with van der Waals surface area (Å²) in [7, 11) is 0. The van der Waals surface area contributed by atoms with E-state index in [0.29, 0.717) is 17.7 Å². The molecule has 0 aliphatic heterocycles. The molecule has 1 unspecified atom stereocenters. The second-order valence-electron chi connectivity index (χ2n) is 3.47. The molecule has 1 aromatic carbocycles. The van der Waals surface area contributed by atoms with Crippen LogP contribution in [0.1, 0.15) is 18.9 Å². The van der Waals surface area contributed by atoms with Crippen LogP contribution >= 0.6 is 0 Å². The SMILES string of the molecule is CC(CCO)Nc1ccc(C#N)cc1N. The first-order valence-corrected chi connectivity index (χ1v) is 4.84. The number of nitrogens with one attached hydrogen (secondary N) is 1. The Balaban J connectivity index is 2.74. The van der Waals surface area contributed by atoms with Gasteiger partial charge in [-0.15, -0.1) is 0 Å². The van der Waals surface area contributed by atoms with E-state index in [2.05, 4.69) is 5.32 Å².